The average Bonchev–Trinajstić information content (AvgIpc) is 2.62. The Morgan fingerprint density at radius 1 is 1.00 bits per heavy atom. The molecule has 0 N–H and O–H groups in total. The fourth-order valence-electron chi connectivity index (χ4n) is 4.24. The number of ether oxygens (including phenoxy) is 1. The average molecular weight is 354 g/mol. The third-order valence-corrected chi connectivity index (χ3v) is 5.11. The molecule has 0 fully saturated rings. The summed E-state index contributed by atoms with van der Waals surface area (Å²) in [5.74, 6) is 0.0109. The molecule has 0 heterocycles. The highest BCUT2D eigenvalue weighted by Gasteiger charge is 2.47. The van der Waals surface area contributed by atoms with Crippen molar-refractivity contribution in [3.8, 4) is 0 Å². The lowest BCUT2D eigenvalue weighted by molar-refractivity contribution is -0.150. The van der Waals surface area contributed by atoms with Crippen LogP contribution < -0.4 is 0 Å². The van der Waals surface area contributed by atoms with Crippen LogP contribution in [0.25, 0.3) is 0 Å². The molecule has 0 saturated carbocycles. The van der Waals surface area contributed by atoms with Crippen molar-refractivity contribution >= 4 is 5.97 Å². The van der Waals surface area contributed by atoms with Crippen molar-refractivity contribution in [2.24, 2.45) is 5.92 Å². The third kappa shape index (κ3) is 4.16. The molecule has 3 nitrogen and oxygen atoms in total. The number of hydrogen-bond acceptors (Lipinski definition) is 3. The lowest BCUT2D eigenvalue weighted by atomic mass is 9.62. The minimum absolute atomic E-state index is 0.231. The second-order valence-electron chi connectivity index (χ2n) is 7.27. The van der Waals surface area contributed by atoms with Gasteiger partial charge in [0.2, 0.25) is 0 Å². The van der Waals surface area contributed by atoms with E-state index in [2.05, 4.69) is 81.4 Å². The van der Waals surface area contributed by atoms with Crippen LogP contribution in [-0.4, -0.2) is 37.6 Å². The van der Waals surface area contributed by atoms with Crippen molar-refractivity contribution in [2.75, 3.05) is 20.6 Å². The quantitative estimate of drug-likeness (QED) is 0.654. The van der Waals surface area contributed by atoms with E-state index < -0.39 is 5.41 Å². The molecule has 0 spiro atoms. The Balaban J connectivity index is 2.76. The molecule has 0 radical (unpaired) electrons. The van der Waals surface area contributed by atoms with Crippen molar-refractivity contribution in [1.29, 1.82) is 0 Å². The summed E-state index contributed by atoms with van der Waals surface area (Å²) in [5.41, 5.74) is 1.97. The Morgan fingerprint density at radius 3 is 1.81 bits per heavy atom. The van der Waals surface area contributed by atoms with Gasteiger partial charge in [0, 0.05) is 13.5 Å². The van der Waals surface area contributed by atoms with Crippen molar-refractivity contribution in [3.63, 3.8) is 0 Å². The maximum atomic E-state index is 11.9. The normalized spacial score (nSPS) is 14.1. The van der Waals surface area contributed by atoms with Gasteiger partial charge >= 0.3 is 5.97 Å². The summed E-state index contributed by atoms with van der Waals surface area (Å²) in [7, 11) is 4.17. The number of esters is 1. The largest absolute Gasteiger partial charge is 0.461 e. The van der Waals surface area contributed by atoms with E-state index in [1.165, 1.54) is 18.1 Å². The Morgan fingerprint density at radius 2 is 1.46 bits per heavy atom. The summed E-state index contributed by atoms with van der Waals surface area (Å²) in [4.78, 5) is 14.1. The van der Waals surface area contributed by atoms with Gasteiger partial charge in [-0.05, 0) is 37.6 Å². The van der Waals surface area contributed by atoms with Crippen LogP contribution in [0.1, 0.15) is 38.3 Å². The van der Waals surface area contributed by atoms with Crippen LogP contribution in [0.4, 0.5) is 0 Å². The number of nitrogens with zero attached hydrogens (tertiary/aromatic N) is 1. The minimum Gasteiger partial charge on any atom is -0.461 e. The fraction of sp³-hybridized carbons (Fsp3) is 0.435. The van der Waals surface area contributed by atoms with E-state index in [4.69, 9.17) is 4.74 Å². The maximum absolute atomic E-state index is 11.9. The van der Waals surface area contributed by atoms with Crippen LogP contribution in [0.15, 0.2) is 60.7 Å². The molecule has 26 heavy (non-hydrogen) atoms. The molecule has 3 heteroatoms. The highest BCUT2D eigenvalue weighted by Crippen LogP contribution is 2.45. The molecule has 0 aliphatic carbocycles. The summed E-state index contributed by atoms with van der Waals surface area (Å²) in [6.45, 7) is 6.74. The van der Waals surface area contributed by atoms with Crippen LogP contribution in [0.3, 0.4) is 0 Å². The molecule has 0 aliphatic rings. The summed E-state index contributed by atoms with van der Waals surface area (Å²) in [5, 5.41) is 0. The van der Waals surface area contributed by atoms with Gasteiger partial charge in [0.05, 0.1) is 5.41 Å². The molecule has 0 saturated heterocycles. The molecular weight excluding hydrogens is 322 g/mol. The molecule has 0 unspecified atom stereocenters. The second kappa shape index (κ2) is 9.00. The maximum Gasteiger partial charge on any atom is 0.302 e. The third-order valence-electron chi connectivity index (χ3n) is 5.11. The molecule has 0 aliphatic heterocycles. The molecular formula is C23H31NO2. The molecule has 2 atom stereocenters. The van der Waals surface area contributed by atoms with Gasteiger partial charge in [-0.15, -0.1) is 0 Å². The predicted molar refractivity (Wildman–Crippen MR) is 107 cm³/mol. The molecule has 0 bridgehead atoms. The molecule has 140 valence electrons. The predicted octanol–water partition coefficient (Wildman–Crippen LogP) is 4.51. The Labute approximate surface area is 158 Å². The lowest BCUT2D eigenvalue weighted by Crippen LogP contribution is -2.50. The summed E-state index contributed by atoms with van der Waals surface area (Å²) in [6, 6.07) is 21.0. The van der Waals surface area contributed by atoms with E-state index >= 15 is 0 Å². The molecule has 0 amide bonds. The van der Waals surface area contributed by atoms with Gasteiger partial charge < -0.3 is 9.64 Å². The van der Waals surface area contributed by atoms with E-state index in [-0.39, 0.29) is 18.0 Å². The van der Waals surface area contributed by atoms with Crippen LogP contribution in [0.2, 0.25) is 0 Å². The monoisotopic (exact) mass is 353 g/mol. The van der Waals surface area contributed by atoms with Gasteiger partial charge in [0.15, 0.2) is 0 Å². The zero-order chi connectivity index (χ0) is 19.2. The van der Waals surface area contributed by atoms with Crippen molar-refractivity contribution in [1.82, 2.24) is 4.90 Å². The van der Waals surface area contributed by atoms with E-state index in [0.717, 1.165) is 13.0 Å². The standard InChI is InChI=1S/C23H31NO2/c1-6-22(26-19(3)25)23(18(2)17-24(4)5,20-13-9-7-10-14-20)21-15-11-8-12-16-21/h7-16,18,22H,6,17H2,1-5H3/t18-,22-/m0/s1. The first-order chi connectivity index (χ1) is 12.4. The van der Waals surface area contributed by atoms with E-state index in [9.17, 15) is 4.79 Å². The van der Waals surface area contributed by atoms with Crippen molar-refractivity contribution in [3.05, 3.63) is 71.8 Å². The minimum atomic E-state index is -0.410. The van der Waals surface area contributed by atoms with E-state index in [0.29, 0.717) is 0 Å². The topological polar surface area (TPSA) is 29.5 Å². The zero-order valence-corrected chi connectivity index (χ0v) is 16.6. The van der Waals surface area contributed by atoms with Crippen LogP contribution in [-0.2, 0) is 14.9 Å². The first-order valence-electron chi connectivity index (χ1n) is 9.35. The highest BCUT2D eigenvalue weighted by molar-refractivity contribution is 5.66. The van der Waals surface area contributed by atoms with Gasteiger partial charge in [0.1, 0.15) is 6.10 Å². The molecule has 0 aromatic heterocycles. The van der Waals surface area contributed by atoms with Crippen molar-refractivity contribution in [2.45, 2.75) is 38.7 Å². The van der Waals surface area contributed by atoms with Crippen molar-refractivity contribution < 1.29 is 9.53 Å². The number of carbonyl (C=O) groups is 1. The van der Waals surface area contributed by atoms with Gasteiger partial charge in [-0.2, -0.15) is 0 Å². The number of hydrogen-bond donors (Lipinski definition) is 0. The summed E-state index contributed by atoms with van der Waals surface area (Å²) >= 11 is 0. The lowest BCUT2D eigenvalue weighted by Gasteiger charge is -2.46. The molecule has 2 aromatic rings. The molecule has 2 aromatic carbocycles. The van der Waals surface area contributed by atoms with E-state index in [1.54, 1.807) is 0 Å². The first kappa shape index (κ1) is 20.2. The first-order valence-corrected chi connectivity index (χ1v) is 9.35. The van der Waals surface area contributed by atoms with Gasteiger partial charge in [-0.25, -0.2) is 0 Å². The van der Waals surface area contributed by atoms with Gasteiger partial charge in [-0.3, -0.25) is 4.79 Å². The zero-order valence-electron chi connectivity index (χ0n) is 16.6. The van der Waals surface area contributed by atoms with Gasteiger partial charge in [0.25, 0.3) is 0 Å². The van der Waals surface area contributed by atoms with Crippen LogP contribution in [0, 0.1) is 5.92 Å². The molecule has 2 rings (SSSR count). The number of rotatable bonds is 8. The summed E-state index contributed by atoms with van der Waals surface area (Å²) in [6.07, 6.45) is 0.515. The smallest absolute Gasteiger partial charge is 0.302 e. The Hall–Kier alpha value is -2.13. The van der Waals surface area contributed by atoms with Gasteiger partial charge in [-0.1, -0.05) is 74.5 Å². The van der Waals surface area contributed by atoms with E-state index in [1.807, 2.05) is 12.1 Å². The highest BCUT2D eigenvalue weighted by atomic mass is 16.5. The summed E-state index contributed by atoms with van der Waals surface area (Å²) < 4.78 is 5.92. The Kier molecular flexibility index (Phi) is 6.98. The number of carbonyl (C=O) groups excluding carboxylic acids is 1. The fourth-order valence-corrected chi connectivity index (χ4v) is 4.24. The number of benzene rings is 2. The second-order valence-corrected chi connectivity index (χ2v) is 7.27. The Bertz CT molecular complexity index is 642. The van der Waals surface area contributed by atoms with Crippen LogP contribution in [0.5, 0.6) is 0 Å². The SMILES string of the molecule is CC[C@H](OC(C)=O)C(c1ccccc1)(c1ccccc1)[C@@H](C)CN(C)C. The van der Waals surface area contributed by atoms with Crippen LogP contribution >= 0.6 is 0 Å².